The number of benzene rings is 1. The molecule has 2 aromatic rings. The molecule has 0 unspecified atom stereocenters. The zero-order valence-electron chi connectivity index (χ0n) is 17.1. The Hall–Kier alpha value is -2.89. The molecule has 1 aromatic heterocycles. The molecule has 1 heterocycles. The van der Waals surface area contributed by atoms with E-state index in [1.807, 2.05) is 42.2 Å². The fourth-order valence-corrected chi connectivity index (χ4v) is 4.00. The smallest absolute Gasteiger partial charge is 0.342 e. The Morgan fingerprint density at radius 3 is 2.59 bits per heavy atom. The van der Waals surface area contributed by atoms with Gasteiger partial charge in [0.05, 0.1) is 17.1 Å². The van der Waals surface area contributed by atoms with Crippen LogP contribution in [-0.4, -0.2) is 39.2 Å². The molecular weight excluding hydrogens is 366 g/mol. The van der Waals surface area contributed by atoms with Crippen LogP contribution in [0.1, 0.15) is 60.3 Å². The number of carbonyl (C=O) groups excluding carboxylic acids is 2. The summed E-state index contributed by atoms with van der Waals surface area (Å²) in [7, 11) is 0. The number of ether oxygens (including phenoxy) is 1. The second kappa shape index (κ2) is 8.23. The second-order valence-electron chi connectivity index (χ2n) is 7.81. The van der Waals surface area contributed by atoms with E-state index in [1.165, 1.54) is 6.42 Å². The predicted octanol–water partition coefficient (Wildman–Crippen LogP) is 4.09. The van der Waals surface area contributed by atoms with Crippen molar-refractivity contribution in [3.8, 4) is 5.69 Å². The molecule has 0 N–H and O–H groups in total. The molecule has 0 spiro atoms. The van der Waals surface area contributed by atoms with E-state index in [-0.39, 0.29) is 18.6 Å². The molecule has 152 valence electrons. The number of aromatic nitrogens is 2. The van der Waals surface area contributed by atoms with Crippen LogP contribution >= 0.6 is 0 Å². The summed E-state index contributed by atoms with van der Waals surface area (Å²) in [6.45, 7) is 3.39. The van der Waals surface area contributed by atoms with E-state index in [0.717, 1.165) is 43.5 Å². The highest BCUT2D eigenvalue weighted by molar-refractivity contribution is 5.93. The Labute approximate surface area is 171 Å². The molecule has 6 nitrogen and oxygen atoms in total. The second-order valence-corrected chi connectivity index (χ2v) is 7.81. The van der Waals surface area contributed by atoms with Gasteiger partial charge in [0.15, 0.2) is 6.61 Å². The molecule has 0 atom stereocenters. The highest BCUT2D eigenvalue weighted by Crippen LogP contribution is 2.33. The lowest BCUT2D eigenvalue weighted by Gasteiger charge is -2.27. The lowest BCUT2D eigenvalue weighted by Crippen LogP contribution is -2.36. The van der Waals surface area contributed by atoms with E-state index in [4.69, 9.17) is 4.74 Å². The van der Waals surface area contributed by atoms with Gasteiger partial charge >= 0.3 is 5.97 Å². The summed E-state index contributed by atoms with van der Waals surface area (Å²) in [5.74, 6) is -0.622. The summed E-state index contributed by atoms with van der Waals surface area (Å²) in [5, 5.41) is 4.49. The van der Waals surface area contributed by atoms with Gasteiger partial charge in [0, 0.05) is 11.7 Å². The number of para-hydroxylation sites is 1. The molecular formula is C23H27N3O3. The summed E-state index contributed by atoms with van der Waals surface area (Å²) in [6.07, 6.45) is 8.45. The van der Waals surface area contributed by atoms with E-state index in [2.05, 4.69) is 11.2 Å². The number of hydrogen-bond donors (Lipinski definition) is 0. The highest BCUT2D eigenvalue weighted by atomic mass is 16.5. The maximum atomic E-state index is 12.8. The highest BCUT2D eigenvalue weighted by Gasteiger charge is 2.35. The molecule has 2 aliphatic carbocycles. The summed E-state index contributed by atoms with van der Waals surface area (Å²) in [6, 6.07) is 9.93. The number of hydrogen-bond acceptors (Lipinski definition) is 4. The van der Waals surface area contributed by atoms with Gasteiger partial charge in [0.25, 0.3) is 5.91 Å². The van der Waals surface area contributed by atoms with Crippen LogP contribution in [0.2, 0.25) is 0 Å². The van der Waals surface area contributed by atoms with E-state index in [1.54, 1.807) is 11.6 Å². The number of nitrogens with zero attached hydrogens (tertiary/aromatic N) is 3. The molecule has 1 fully saturated rings. The normalized spacial score (nSPS) is 16.3. The minimum Gasteiger partial charge on any atom is -0.452 e. The molecule has 29 heavy (non-hydrogen) atoms. The van der Waals surface area contributed by atoms with Gasteiger partial charge in [0.1, 0.15) is 5.56 Å². The van der Waals surface area contributed by atoms with Crippen molar-refractivity contribution in [1.82, 2.24) is 14.7 Å². The molecule has 1 aromatic carbocycles. The average molecular weight is 393 g/mol. The van der Waals surface area contributed by atoms with Gasteiger partial charge in [-0.15, -0.1) is 0 Å². The Bertz CT molecular complexity index is 942. The summed E-state index contributed by atoms with van der Waals surface area (Å²) in [5.41, 5.74) is 3.71. The van der Waals surface area contributed by atoms with Crippen LogP contribution in [0.5, 0.6) is 0 Å². The van der Waals surface area contributed by atoms with Crippen LogP contribution in [0.3, 0.4) is 0 Å². The quantitative estimate of drug-likeness (QED) is 0.693. The first-order chi connectivity index (χ1) is 14.1. The number of aryl methyl sites for hydroxylation is 1. The molecule has 0 bridgehead atoms. The molecule has 1 amide bonds. The largest absolute Gasteiger partial charge is 0.452 e. The topological polar surface area (TPSA) is 64.4 Å². The monoisotopic (exact) mass is 393 g/mol. The number of rotatable bonds is 6. The third-order valence-electron chi connectivity index (χ3n) is 5.58. The molecule has 4 rings (SSSR count). The SMILES string of the molecule is Cc1nn(-c2ccccc2)c(C)c1C(=O)OCC(=O)N(C1=CCCCC1)C1CC1. The lowest BCUT2D eigenvalue weighted by molar-refractivity contribution is -0.133. The summed E-state index contributed by atoms with van der Waals surface area (Å²) >= 11 is 0. The van der Waals surface area contributed by atoms with Gasteiger partial charge in [-0.2, -0.15) is 5.10 Å². The van der Waals surface area contributed by atoms with E-state index in [0.29, 0.717) is 17.0 Å². The molecule has 2 aliphatic rings. The van der Waals surface area contributed by atoms with Gasteiger partial charge in [-0.05, 0) is 64.5 Å². The third kappa shape index (κ3) is 4.11. The first-order valence-corrected chi connectivity index (χ1v) is 10.4. The summed E-state index contributed by atoms with van der Waals surface area (Å²) < 4.78 is 7.17. The Morgan fingerprint density at radius 2 is 1.93 bits per heavy atom. The predicted molar refractivity (Wildman–Crippen MR) is 110 cm³/mol. The number of allylic oxidation sites excluding steroid dienone is 2. The van der Waals surface area contributed by atoms with Gasteiger partial charge < -0.3 is 9.64 Å². The molecule has 1 saturated carbocycles. The van der Waals surface area contributed by atoms with E-state index in [9.17, 15) is 9.59 Å². The van der Waals surface area contributed by atoms with Crippen molar-refractivity contribution in [3.63, 3.8) is 0 Å². The minimum atomic E-state index is -0.496. The standard InChI is InChI=1S/C23H27N3O3/c1-16-22(17(2)26(24-16)20-11-7-4-8-12-20)23(28)29-15-21(27)25(19-13-14-19)18-9-5-3-6-10-18/h4,7-9,11-12,19H,3,5-6,10,13-15H2,1-2H3. The van der Waals surface area contributed by atoms with Crippen molar-refractivity contribution in [2.24, 2.45) is 0 Å². The maximum absolute atomic E-state index is 12.8. The van der Waals surface area contributed by atoms with Crippen molar-refractivity contribution >= 4 is 11.9 Å². The van der Waals surface area contributed by atoms with E-state index < -0.39 is 5.97 Å². The van der Waals surface area contributed by atoms with Crippen molar-refractivity contribution in [2.45, 2.75) is 58.4 Å². The first kappa shape index (κ1) is 19.4. The third-order valence-corrected chi connectivity index (χ3v) is 5.58. The number of carbonyl (C=O) groups is 2. The van der Waals surface area contributed by atoms with Gasteiger partial charge in [-0.3, -0.25) is 4.79 Å². The maximum Gasteiger partial charge on any atom is 0.342 e. The van der Waals surface area contributed by atoms with Crippen LogP contribution in [-0.2, 0) is 9.53 Å². The molecule has 0 radical (unpaired) electrons. The van der Waals surface area contributed by atoms with Crippen LogP contribution in [0, 0.1) is 13.8 Å². The van der Waals surface area contributed by atoms with Gasteiger partial charge in [-0.1, -0.05) is 24.3 Å². The van der Waals surface area contributed by atoms with Crippen LogP contribution < -0.4 is 0 Å². The van der Waals surface area contributed by atoms with E-state index >= 15 is 0 Å². The average Bonchev–Trinajstić information content (AvgIpc) is 3.52. The summed E-state index contributed by atoms with van der Waals surface area (Å²) in [4.78, 5) is 27.5. The van der Waals surface area contributed by atoms with Crippen LogP contribution in [0.4, 0.5) is 0 Å². The fraction of sp³-hybridized carbons (Fsp3) is 0.435. The van der Waals surface area contributed by atoms with Crippen LogP contribution in [0.15, 0.2) is 42.1 Å². The lowest BCUT2D eigenvalue weighted by atomic mass is 10.0. The zero-order valence-corrected chi connectivity index (χ0v) is 17.1. The number of amides is 1. The Balaban J connectivity index is 1.46. The van der Waals surface area contributed by atoms with Crippen molar-refractivity contribution < 1.29 is 14.3 Å². The fourth-order valence-electron chi connectivity index (χ4n) is 4.00. The van der Waals surface area contributed by atoms with Gasteiger partial charge in [-0.25, -0.2) is 9.48 Å². The molecule has 0 aliphatic heterocycles. The Morgan fingerprint density at radius 1 is 1.17 bits per heavy atom. The van der Waals surface area contributed by atoms with Crippen molar-refractivity contribution in [2.75, 3.05) is 6.61 Å². The Kier molecular flexibility index (Phi) is 5.51. The zero-order chi connectivity index (χ0) is 20.4. The van der Waals surface area contributed by atoms with Crippen molar-refractivity contribution in [1.29, 1.82) is 0 Å². The van der Waals surface area contributed by atoms with Crippen LogP contribution in [0.25, 0.3) is 5.69 Å². The first-order valence-electron chi connectivity index (χ1n) is 10.4. The number of esters is 1. The molecule has 0 saturated heterocycles. The van der Waals surface area contributed by atoms with Gasteiger partial charge in [0.2, 0.25) is 0 Å². The van der Waals surface area contributed by atoms with Crippen molar-refractivity contribution in [3.05, 3.63) is 59.1 Å². The minimum absolute atomic E-state index is 0.125. The molecule has 6 heteroatoms.